The number of amides is 1. The van der Waals surface area contributed by atoms with Gasteiger partial charge in [0.25, 0.3) is 5.91 Å². The van der Waals surface area contributed by atoms with E-state index in [0.717, 1.165) is 50.0 Å². The van der Waals surface area contributed by atoms with E-state index < -0.39 is 5.82 Å². The van der Waals surface area contributed by atoms with E-state index in [1.165, 1.54) is 12.1 Å². The van der Waals surface area contributed by atoms with Gasteiger partial charge in [-0.2, -0.15) is 0 Å². The molecule has 1 saturated heterocycles. The molecule has 5 rings (SSSR count). The Morgan fingerprint density at radius 3 is 2.86 bits per heavy atom. The molecule has 0 spiro atoms. The van der Waals surface area contributed by atoms with E-state index in [9.17, 15) is 9.18 Å². The Kier molecular flexibility index (Phi) is 6.67. The summed E-state index contributed by atoms with van der Waals surface area (Å²) in [5, 5.41) is 3.35. The van der Waals surface area contributed by atoms with E-state index in [1.54, 1.807) is 31.8 Å². The zero-order chi connectivity index (χ0) is 24.5. The maximum absolute atomic E-state index is 14.8. The number of hydrogen-bond acceptors (Lipinski definition) is 6. The molecular formula is C27H32FN5O2. The van der Waals surface area contributed by atoms with Gasteiger partial charge in [0, 0.05) is 37.8 Å². The number of nitrogens with zero attached hydrogens (tertiary/aromatic N) is 3. The number of carbonyl (C=O) groups is 1. The zero-order valence-corrected chi connectivity index (χ0v) is 20.2. The topological polar surface area (TPSA) is 93.4 Å². The highest BCUT2D eigenvalue weighted by Crippen LogP contribution is 2.38. The van der Waals surface area contributed by atoms with E-state index in [1.807, 2.05) is 6.07 Å². The third kappa shape index (κ3) is 4.86. The summed E-state index contributed by atoms with van der Waals surface area (Å²) in [6.07, 6.45) is 9.11. The number of fused-ring (bicyclic) bond motifs is 1. The summed E-state index contributed by atoms with van der Waals surface area (Å²) in [5.74, 6) is 0.0441. The molecule has 2 aliphatic rings. The predicted octanol–water partition coefficient (Wildman–Crippen LogP) is 4.48. The van der Waals surface area contributed by atoms with Gasteiger partial charge in [0.2, 0.25) is 0 Å². The van der Waals surface area contributed by atoms with Crippen LogP contribution in [0.3, 0.4) is 0 Å². The number of aromatic nitrogens is 2. The van der Waals surface area contributed by atoms with Crippen LogP contribution >= 0.6 is 0 Å². The normalized spacial score (nSPS) is 24.6. The summed E-state index contributed by atoms with van der Waals surface area (Å²) in [6.45, 7) is 3.77. The molecule has 4 atom stereocenters. The molecule has 1 aliphatic heterocycles. The minimum atomic E-state index is -0.402. The molecule has 1 unspecified atom stereocenters. The third-order valence-corrected chi connectivity index (χ3v) is 7.39. The Morgan fingerprint density at radius 1 is 1.23 bits per heavy atom. The summed E-state index contributed by atoms with van der Waals surface area (Å²) in [5.41, 5.74) is 9.49. The molecule has 3 N–H and O–H groups in total. The third-order valence-electron chi connectivity index (χ3n) is 7.39. The van der Waals surface area contributed by atoms with Crippen molar-refractivity contribution >= 4 is 28.2 Å². The highest BCUT2D eigenvalue weighted by molar-refractivity contribution is 6.12. The zero-order valence-electron chi connectivity index (χ0n) is 20.2. The Hall–Kier alpha value is -3.10. The first-order valence-electron chi connectivity index (χ1n) is 12.3. The van der Waals surface area contributed by atoms with E-state index in [4.69, 9.17) is 10.5 Å². The molecule has 7 nitrogen and oxygen atoms in total. The van der Waals surface area contributed by atoms with Gasteiger partial charge in [0.05, 0.1) is 41.0 Å². The van der Waals surface area contributed by atoms with Gasteiger partial charge in [-0.1, -0.05) is 6.92 Å². The number of nitrogens with one attached hydrogen (secondary N) is 1. The van der Waals surface area contributed by atoms with Gasteiger partial charge in [-0.3, -0.25) is 14.8 Å². The average Bonchev–Trinajstić information content (AvgIpc) is 3.33. The standard InChI is InChI=1S/C27H32FN5O2/c1-16-9-17(11-18(29)10-16)21-5-7-30-14-25(21)32-27(34)22-3-4-24(28)23-12-19(13-31-26(22)23)33-8-6-20(15-33)35-2/h3-5,7,12-14,16-18,20H,6,8-11,15,29H2,1-2H3,(H,32,34)/t16-,17+,18-,20?/m0/s1. The van der Waals surface area contributed by atoms with Crippen LogP contribution in [0.4, 0.5) is 15.8 Å². The molecule has 1 amide bonds. The minimum absolute atomic E-state index is 0.148. The molecule has 0 radical (unpaired) electrons. The number of halogens is 1. The molecule has 35 heavy (non-hydrogen) atoms. The van der Waals surface area contributed by atoms with Crippen molar-refractivity contribution in [1.82, 2.24) is 9.97 Å². The molecule has 3 heterocycles. The van der Waals surface area contributed by atoms with E-state index in [2.05, 4.69) is 27.1 Å². The Bertz CT molecular complexity index is 1230. The van der Waals surface area contributed by atoms with Gasteiger partial charge in [0.1, 0.15) is 5.82 Å². The fraction of sp³-hybridized carbons (Fsp3) is 0.444. The fourth-order valence-corrected chi connectivity index (χ4v) is 5.65. The largest absolute Gasteiger partial charge is 0.380 e. The molecule has 8 heteroatoms. The van der Waals surface area contributed by atoms with Crippen molar-refractivity contribution in [3.63, 3.8) is 0 Å². The van der Waals surface area contributed by atoms with Crippen molar-refractivity contribution < 1.29 is 13.9 Å². The van der Waals surface area contributed by atoms with Crippen LogP contribution in [0, 0.1) is 11.7 Å². The van der Waals surface area contributed by atoms with E-state index >= 15 is 0 Å². The number of pyridine rings is 2. The second-order valence-electron chi connectivity index (χ2n) is 9.96. The van der Waals surface area contributed by atoms with Gasteiger partial charge < -0.3 is 20.7 Å². The first kappa shape index (κ1) is 23.6. The van der Waals surface area contributed by atoms with Crippen LogP contribution in [0.2, 0.25) is 0 Å². The molecule has 1 saturated carbocycles. The Balaban J connectivity index is 1.43. The maximum atomic E-state index is 14.8. The van der Waals surface area contributed by atoms with Gasteiger partial charge in [-0.05, 0) is 67.3 Å². The molecule has 3 aromatic rings. The number of methoxy groups -OCH3 is 1. The van der Waals surface area contributed by atoms with Crippen LogP contribution in [-0.4, -0.2) is 48.2 Å². The van der Waals surface area contributed by atoms with Crippen molar-refractivity contribution in [3.8, 4) is 0 Å². The number of anilines is 2. The van der Waals surface area contributed by atoms with Crippen LogP contribution in [0.25, 0.3) is 10.9 Å². The highest BCUT2D eigenvalue weighted by atomic mass is 19.1. The molecule has 0 bridgehead atoms. The van der Waals surface area contributed by atoms with Crippen molar-refractivity contribution in [2.24, 2.45) is 11.7 Å². The Labute approximate surface area is 204 Å². The second-order valence-corrected chi connectivity index (χ2v) is 9.96. The minimum Gasteiger partial charge on any atom is -0.380 e. The second kappa shape index (κ2) is 9.87. The van der Waals surface area contributed by atoms with E-state index in [0.29, 0.717) is 28.1 Å². The quantitative estimate of drug-likeness (QED) is 0.563. The first-order chi connectivity index (χ1) is 16.9. The fourth-order valence-electron chi connectivity index (χ4n) is 5.65. The molecular weight excluding hydrogens is 445 g/mol. The SMILES string of the molecule is COC1CCN(c2cnc3c(C(=O)Nc4cnccc4[C@@H]4C[C@H](C)C[C@H](N)C4)ccc(F)c3c2)C1. The lowest BCUT2D eigenvalue weighted by Crippen LogP contribution is -2.31. The maximum Gasteiger partial charge on any atom is 0.257 e. The number of rotatable bonds is 5. The molecule has 2 aromatic heterocycles. The summed E-state index contributed by atoms with van der Waals surface area (Å²) in [6, 6.07) is 6.70. The summed E-state index contributed by atoms with van der Waals surface area (Å²) < 4.78 is 20.3. The number of ether oxygens (including phenoxy) is 1. The monoisotopic (exact) mass is 477 g/mol. The van der Waals surface area contributed by atoms with Crippen molar-refractivity contribution in [2.75, 3.05) is 30.4 Å². The number of nitrogens with two attached hydrogens (primary N) is 1. The van der Waals surface area contributed by atoms with Gasteiger partial charge in [-0.15, -0.1) is 0 Å². The van der Waals surface area contributed by atoms with Crippen molar-refractivity contribution in [2.45, 2.75) is 50.7 Å². The van der Waals surface area contributed by atoms with Gasteiger partial charge >= 0.3 is 0 Å². The van der Waals surface area contributed by atoms with Gasteiger partial charge in [-0.25, -0.2) is 4.39 Å². The number of benzene rings is 1. The average molecular weight is 478 g/mol. The summed E-state index contributed by atoms with van der Waals surface area (Å²) in [7, 11) is 1.70. The van der Waals surface area contributed by atoms with E-state index in [-0.39, 0.29) is 24.0 Å². The highest BCUT2D eigenvalue weighted by Gasteiger charge is 2.28. The summed E-state index contributed by atoms with van der Waals surface area (Å²) in [4.78, 5) is 24.3. The van der Waals surface area contributed by atoms with Gasteiger partial charge in [0.15, 0.2) is 0 Å². The lowest BCUT2D eigenvalue weighted by molar-refractivity contribution is 0.102. The molecule has 2 fully saturated rings. The molecule has 184 valence electrons. The smallest absolute Gasteiger partial charge is 0.257 e. The number of hydrogen-bond donors (Lipinski definition) is 2. The lowest BCUT2D eigenvalue weighted by atomic mass is 9.76. The Morgan fingerprint density at radius 2 is 2.09 bits per heavy atom. The van der Waals surface area contributed by atoms with Crippen molar-refractivity contribution in [3.05, 3.63) is 59.8 Å². The number of carbonyl (C=O) groups excluding carboxylic acids is 1. The van der Waals surface area contributed by atoms with Crippen molar-refractivity contribution in [1.29, 1.82) is 0 Å². The predicted molar refractivity (Wildman–Crippen MR) is 135 cm³/mol. The lowest BCUT2D eigenvalue weighted by Gasteiger charge is -2.32. The summed E-state index contributed by atoms with van der Waals surface area (Å²) >= 11 is 0. The molecule has 1 aromatic carbocycles. The van der Waals surface area contributed by atoms with Crippen LogP contribution in [0.15, 0.2) is 42.9 Å². The van der Waals surface area contributed by atoms with Crippen LogP contribution in [0.1, 0.15) is 54.4 Å². The molecule has 1 aliphatic carbocycles. The first-order valence-corrected chi connectivity index (χ1v) is 12.3. The van der Waals surface area contributed by atoms with Crippen LogP contribution in [-0.2, 0) is 4.74 Å². The van der Waals surface area contributed by atoms with Crippen LogP contribution < -0.4 is 16.0 Å². The van der Waals surface area contributed by atoms with Crippen LogP contribution in [0.5, 0.6) is 0 Å².